The molecular formula is C18H24N2O3. The van der Waals surface area contributed by atoms with Gasteiger partial charge in [-0.25, -0.2) is 4.79 Å². The van der Waals surface area contributed by atoms with E-state index in [1.54, 1.807) is 0 Å². The fraction of sp³-hybridized carbons (Fsp3) is 0.500. The number of carbonyl (C=O) groups is 1. The first kappa shape index (κ1) is 17.2. The second-order valence-corrected chi connectivity index (χ2v) is 6.20. The molecule has 124 valence electrons. The molecule has 0 aliphatic carbocycles. The van der Waals surface area contributed by atoms with Crippen molar-refractivity contribution in [2.75, 3.05) is 6.54 Å². The van der Waals surface area contributed by atoms with Crippen molar-refractivity contribution in [3.63, 3.8) is 0 Å². The predicted molar refractivity (Wildman–Crippen MR) is 90.9 cm³/mol. The van der Waals surface area contributed by atoms with Crippen LogP contribution < -0.4 is 0 Å². The Morgan fingerprint density at radius 2 is 1.96 bits per heavy atom. The van der Waals surface area contributed by atoms with E-state index in [0.29, 0.717) is 6.54 Å². The normalized spacial score (nSPS) is 16.7. The zero-order chi connectivity index (χ0) is 17.0. The molecule has 0 unspecified atom stereocenters. The van der Waals surface area contributed by atoms with Crippen molar-refractivity contribution in [3.8, 4) is 0 Å². The Morgan fingerprint density at radius 1 is 1.30 bits per heavy atom. The maximum Gasteiger partial charge on any atom is 0.360 e. The second kappa shape index (κ2) is 6.94. The molecule has 0 amide bonds. The van der Waals surface area contributed by atoms with Gasteiger partial charge in [0, 0.05) is 17.5 Å². The van der Waals surface area contributed by atoms with Crippen molar-refractivity contribution >= 4 is 17.4 Å². The van der Waals surface area contributed by atoms with Gasteiger partial charge < -0.3 is 10.3 Å². The van der Waals surface area contributed by atoms with Gasteiger partial charge in [-0.05, 0) is 30.9 Å². The molecule has 0 fully saturated rings. The Hall–Kier alpha value is -2.17. The Labute approximate surface area is 136 Å². The van der Waals surface area contributed by atoms with E-state index in [0.717, 1.165) is 42.4 Å². The zero-order valence-electron chi connectivity index (χ0n) is 14.0. The highest BCUT2D eigenvalue weighted by molar-refractivity contribution is 6.68. The fourth-order valence-electron chi connectivity index (χ4n) is 3.85. The van der Waals surface area contributed by atoms with Crippen LogP contribution in [0.15, 0.2) is 28.3 Å². The van der Waals surface area contributed by atoms with Crippen molar-refractivity contribution in [2.24, 2.45) is 10.1 Å². The molecule has 0 bridgehead atoms. The first-order valence-electron chi connectivity index (χ1n) is 8.11. The lowest BCUT2D eigenvalue weighted by Gasteiger charge is -2.39. The van der Waals surface area contributed by atoms with Gasteiger partial charge in [-0.3, -0.25) is 4.99 Å². The van der Waals surface area contributed by atoms with Crippen molar-refractivity contribution in [1.29, 1.82) is 0 Å². The van der Waals surface area contributed by atoms with Crippen LogP contribution in [-0.4, -0.2) is 34.3 Å². The quantitative estimate of drug-likeness (QED) is 0.478. The van der Waals surface area contributed by atoms with E-state index in [9.17, 15) is 9.90 Å². The number of aliphatic imine (C=N–C) groups is 1. The molecule has 2 rings (SSSR count). The van der Waals surface area contributed by atoms with Crippen LogP contribution in [0.5, 0.6) is 0 Å². The number of carboxylic acids is 1. The summed E-state index contributed by atoms with van der Waals surface area (Å²) < 4.78 is 0. The number of hydrogen-bond acceptors (Lipinski definition) is 4. The van der Waals surface area contributed by atoms with E-state index in [-0.39, 0.29) is 11.1 Å². The average molecular weight is 316 g/mol. The highest BCUT2D eigenvalue weighted by Gasteiger charge is 2.39. The molecule has 0 atom stereocenters. The van der Waals surface area contributed by atoms with Crippen LogP contribution in [0.4, 0.5) is 0 Å². The molecule has 5 heteroatoms. The maximum absolute atomic E-state index is 11.4. The van der Waals surface area contributed by atoms with Gasteiger partial charge in [0.1, 0.15) is 5.71 Å². The summed E-state index contributed by atoms with van der Waals surface area (Å²) in [5.74, 6) is -1.27. The number of aliphatic carboxylic acids is 1. The Balaban J connectivity index is 2.68. The smallest absolute Gasteiger partial charge is 0.360 e. The van der Waals surface area contributed by atoms with Gasteiger partial charge in [0.2, 0.25) is 5.71 Å². The number of aryl methyl sites for hydroxylation is 1. The Morgan fingerprint density at radius 3 is 2.48 bits per heavy atom. The molecule has 0 saturated heterocycles. The Bertz CT molecular complexity index is 656. The minimum absolute atomic E-state index is 0.0628. The van der Waals surface area contributed by atoms with Crippen LogP contribution in [0, 0.1) is 6.92 Å². The van der Waals surface area contributed by atoms with Gasteiger partial charge in [-0.2, -0.15) is 0 Å². The van der Waals surface area contributed by atoms with Gasteiger partial charge >= 0.3 is 5.97 Å². The van der Waals surface area contributed by atoms with Crippen LogP contribution >= 0.6 is 0 Å². The minimum Gasteiger partial charge on any atom is -0.476 e. The summed E-state index contributed by atoms with van der Waals surface area (Å²) in [6.07, 6.45) is 4.10. The first-order valence-corrected chi connectivity index (χ1v) is 8.11. The second-order valence-electron chi connectivity index (χ2n) is 6.20. The third-order valence-electron chi connectivity index (χ3n) is 4.58. The van der Waals surface area contributed by atoms with Gasteiger partial charge in [0.25, 0.3) is 0 Å². The van der Waals surface area contributed by atoms with Crippen LogP contribution in [0.2, 0.25) is 0 Å². The van der Waals surface area contributed by atoms with E-state index in [1.165, 1.54) is 0 Å². The van der Waals surface area contributed by atoms with Gasteiger partial charge in [-0.1, -0.05) is 50.0 Å². The number of oxime groups is 1. The monoisotopic (exact) mass is 316 g/mol. The first-order chi connectivity index (χ1) is 11.0. The lowest BCUT2D eigenvalue weighted by Crippen LogP contribution is -2.39. The van der Waals surface area contributed by atoms with Crippen LogP contribution in [0.1, 0.15) is 56.2 Å². The van der Waals surface area contributed by atoms with Crippen molar-refractivity contribution in [2.45, 2.75) is 51.9 Å². The molecular weight excluding hydrogens is 292 g/mol. The molecule has 0 saturated carbocycles. The molecule has 0 aromatic heterocycles. The average Bonchev–Trinajstić information content (AvgIpc) is 2.50. The molecule has 1 aromatic rings. The summed E-state index contributed by atoms with van der Waals surface area (Å²) >= 11 is 0. The maximum atomic E-state index is 11.4. The number of hydrogen-bond donors (Lipinski definition) is 2. The van der Waals surface area contributed by atoms with E-state index >= 15 is 0 Å². The Kier molecular flexibility index (Phi) is 5.19. The van der Waals surface area contributed by atoms with E-state index in [2.05, 4.69) is 37.0 Å². The van der Waals surface area contributed by atoms with Gasteiger partial charge in [0.15, 0.2) is 0 Å². The molecule has 1 aliphatic heterocycles. The zero-order valence-corrected chi connectivity index (χ0v) is 14.0. The van der Waals surface area contributed by atoms with Gasteiger partial charge in [0.05, 0.1) is 0 Å². The van der Waals surface area contributed by atoms with Crippen molar-refractivity contribution in [1.82, 2.24) is 0 Å². The number of carboxylic acid groups (broad SMARTS) is 1. The number of benzene rings is 1. The highest BCUT2D eigenvalue weighted by Crippen LogP contribution is 2.41. The number of fused-ring (bicyclic) bond motifs is 1. The summed E-state index contributed by atoms with van der Waals surface area (Å²) in [7, 11) is 0. The van der Waals surface area contributed by atoms with Crippen molar-refractivity contribution in [3.05, 3.63) is 34.9 Å². The van der Waals surface area contributed by atoms with Crippen molar-refractivity contribution < 1.29 is 15.1 Å². The molecule has 23 heavy (non-hydrogen) atoms. The van der Waals surface area contributed by atoms with Crippen LogP contribution in [-0.2, 0) is 10.2 Å². The SMILES string of the molecule is CCCC1(CCC)CN=C(C(=NO)C(=O)O)c2cccc(C)c21. The molecule has 2 N–H and O–H groups in total. The molecule has 1 aliphatic rings. The summed E-state index contributed by atoms with van der Waals surface area (Å²) in [6.45, 7) is 6.91. The minimum atomic E-state index is -1.27. The van der Waals surface area contributed by atoms with Crippen LogP contribution in [0.25, 0.3) is 0 Å². The van der Waals surface area contributed by atoms with E-state index in [1.807, 2.05) is 12.1 Å². The van der Waals surface area contributed by atoms with Gasteiger partial charge in [-0.15, -0.1) is 0 Å². The lowest BCUT2D eigenvalue weighted by molar-refractivity contribution is -0.129. The third kappa shape index (κ3) is 3.00. The topological polar surface area (TPSA) is 82.2 Å². The molecule has 0 spiro atoms. The van der Waals surface area contributed by atoms with E-state index < -0.39 is 11.7 Å². The largest absolute Gasteiger partial charge is 0.476 e. The highest BCUT2D eigenvalue weighted by atomic mass is 16.4. The number of rotatable bonds is 6. The molecule has 0 radical (unpaired) electrons. The molecule has 1 aromatic carbocycles. The molecule has 5 nitrogen and oxygen atoms in total. The summed E-state index contributed by atoms with van der Waals surface area (Å²) in [4.78, 5) is 15.9. The predicted octanol–water partition coefficient (Wildman–Crippen LogP) is 3.55. The third-order valence-corrected chi connectivity index (χ3v) is 4.58. The standard InChI is InChI=1S/C18H24N2O3/c1-4-9-18(10-5-2)11-19-15(16(20-23)17(21)22)13-8-6-7-12(3)14(13)18/h6-8,23H,4-5,9-11H2,1-3H3,(H,21,22). The summed E-state index contributed by atoms with van der Waals surface area (Å²) in [6, 6.07) is 5.83. The molecule has 1 heterocycles. The summed E-state index contributed by atoms with van der Waals surface area (Å²) in [5.41, 5.74) is 2.91. The van der Waals surface area contributed by atoms with E-state index in [4.69, 9.17) is 5.21 Å². The lowest BCUT2D eigenvalue weighted by atomic mass is 9.68. The fourth-order valence-corrected chi connectivity index (χ4v) is 3.85. The number of nitrogens with zero attached hydrogens (tertiary/aromatic N) is 2. The summed E-state index contributed by atoms with van der Waals surface area (Å²) in [5, 5.41) is 21.4. The van der Waals surface area contributed by atoms with Crippen LogP contribution in [0.3, 0.4) is 0 Å².